The maximum atomic E-state index is 13.3. The first-order valence-corrected chi connectivity index (χ1v) is 12.2. The Kier molecular flexibility index (Phi) is 5.68. The van der Waals surface area contributed by atoms with E-state index in [1.54, 1.807) is 19.2 Å². The first-order valence-electron chi connectivity index (χ1n) is 12.2. The number of anilines is 1. The summed E-state index contributed by atoms with van der Waals surface area (Å²) in [6.45, 7) is 0.296. The van der Waals surface area contributed by atoms with Crippen molar-refractivity contribution < 1.29 is 18.7 Å². The van der Waals surface area contributed by atoms with Crippen LogP contribution in [0.5, 0.6) is 11.5 Å². The lowest BCUT2D eigenvalue weighted by Crippen LogP contribution is -2.34. The van der Waals surface area contributed by atoms with Crippen molar-refractivity contribution >= 4 is 22.2 Å². The van der Waals surface area contributed by atoms with Crippen molar-refractivity contribution in [2.24, 2.45) is 5.92 Å². The molecule has 4 aromatic rings. The molecule has 36 heavy (non-hydrogen) atoms. The summed E-state index contributed by atoms with van der Waals surface area (Å²) in [7, 11) is 1.62. The van der Waals surface area contributed by atoms with Crippen molar-refractivity contribution in [2.75, 3.05) is 12.4 Å². The van der Waals surface area contributed by atoms with Crippen LogP contribution in [-0.2, 0) is 11.4 Å². The van der Waals surface area contributed by atoms with Gasteiger partial charge in [0, 0.05) is 23.7 Å². The van der Waals surface area contributed by atoms with Crippen LogP contribution in [0.2, 0.25) is 0 Å². The fraction of sp³-hybridized carbons (Fsp3) is 0.194. The quantitative estimate of drug-likeness (QED) is 0.335. The zero-order valence-corrected chi connectivity index (χ0v) is 20.0. The zero-order valence-electron chi connectivity index (χ0n) is 20.0. The molecular formula is C31H26FNO3. The number of methoxy groups -OCH3 is 1. The molecular weight excluding hydrogens is 453 g/mol. The molecule has 4 nitrogen and oxygen atoms in total. The molecule has 0 saturated heterocycles. The Hall–Kier alpha value is -4.12. The number of allylic oxidation sites excluding steroid dienone is 2. The molecule has 0 radical (unpaired) electrons. The predicted octanol–water partition coefficient (Wildman–Crippen LogP) is 6.99. The number of nitrogens with one attached hydrogen (secondary N) is 1. The van der Waals surface area contributed by atoms with E-state index in [1.165, 1.54) is 12.1 Å². The Balaban J connectivity index is 1.44. The van der Waals surface area contributed by atoms with Crippen molar-refractivity contribution in [3.8, 4) is 11.5 Å². The minimum absolute atomic E-state index is 0.147. The van der Waals surface area contributed by atoms with E-state index in [1.807, 2.05) is 30.3 Å². The molecule has 6 rings (SSSR count). The summed E-state index contributed by atoms with van der Waals surface area (Å²) in [5.41, 5.74) is 5.02. The van der Waals surface area contributed by atoms with Crippen LogP contribution in [0, 0.1) is 11.7 Å². The summed E-state index contributed by atoms with van der Waals surface area (Å²) in [6.07, 6.45) is 3.46. The highest BCUT2D eigenvalue weighted by atomic mass is 19.1. The van der Waals surface area contributed by atoms with Crippen molar-refractivity contribution in [2.45, 2.75) is 25.4 Å². The molecule has 5 heteroatoms. The van der Waals surface area contributed by atoms with Gasteiger partial charge in [0.25, 0.3) is 0 Å². The smallest absolute Gasteiger partial charge is 0.161 e. The Morgan fingerprint density at radius 1 is 0.944 bits per heavy atom. The molecule has 4 aromatic carbocycles. The third kappa shape index (κ3) is 3.91. The fourth-order valence-corrected chi connectivity index (χ4v) is 5.48. The van der Waals surface area contributed by atoms with Gasteiger partial charge in [-0.25, -0.2) is 4.39 Å². The van der Waals surface area contributed by atoms with Gasteiger partial charge in [-0.2, -0.15) is 0 Å². The number of hydrogen-bond donors (Lipinski definition) is 1. The second-order valence-electron chi connectivity index (χ2n) is 9.32. The second-order valence-corrected chi connectivity index (χ2v) is 9.32. The molecule has 0 fully saturated rings. The van der Waals surface area contributed by atoms with E-state index in [2.05, 4.69) is 35.7 Å². The summed E-state index contributed by atoms with van der Waals surface area (Å²) >= 11 is 0. The maximum Gasteiger partial charge on any atom is 0.161 e. The lowest BCUT2D eigenvalue weighted by molar-refractivity contribution is -0.122. The van der Waals surface area contributed by atoms with Crippen LogP contribution in [0.1, 0.15) is 35.4 Å². The Bertz CT molecular complexity index is 1490. The van der Waals surface area contributed by atoms with Gasteiger partial charge < -0.3 is 14.8 Å². The first kappa shape index (κ1) is 22.4. The van der Waals surface area contributed by atoms with Gasteiger partial charge in [-0.1, -0.05) is 54.6 Å². The Morgan fingerprint density at radius 2 is 1.78 bits per heavy atom. The van der Waals surface area contributed by atoms with Crippen molar-refractivity contribution in [3.05, 3.63) is 113 Å². The minimum atomic E-state index is -0.277. The number of rotatable bonds is 5. The van der Waals surface area contributed by atoms with Crippen molar-refractivity contribution in [1.29, 1.82) is 0 Å². The van der Waals surface area contributed by atoms with Gasteiger partial charge in [-0.05, 0) is 64.2 Å². The highest BCUT2D eigenvalue weighted by Crippen LogP contribution is 2.50. The van der Waals surface area contributed by atoms with Gasteiger partial charge in [-0.3, -0.25) is 4.79 Å². The first-order chi connectivity index (χ1) is 17.6. The summed E-state index contributed by atoms with van der Waals surface area (Å²) in [4.78, 5) is 13.3. The van der Waals surface area contributed by atoms with Gasteiger partial charge >= 0.3 is 0 Å². The van der Waals surface area contributed by atoms with Crippen LogP contribution in [0.25, 0.3) is 10.8 Å². The van der Waals surface area contributed by atoms with Crippen LogP contribution in [0.4, 0.5) is 10.1 Å². The van der Waals surface area contributed by atoms with E-state index < -0.39 is 0 Å². The molecule has 0 amide bonds. The number of benzene rings is 4. The molecule has 0 saturated carbocycles. The SMILES string of the molecule is COc1cc([C@@H]2c3c(ccc4ccccc34)NC3=CCCC(=O)[C@H]32)ccc1OCc1ccc(F)cc1. The molecule has 2 aliphatic rings. The van der Waals surface area contributed by atoms with Crippen LogP contribution in [0.3, 0.4) is 0 Å². The molecule has 1 aliphatic carbocycles. The average molecular weight is 480 g/mol. The molecule has 0 spiro atoms. The molecule has 1 heterocycles. The van der Waals surface area contributed by atoms with Crippen LogP contribution in [-0.4, -0.2) is 12.9 Å². The van der Waals surface area contributed by atoms with E-state index in [9.17, 15) is 9.18 Å². The minimum Gasteiger partial charge on any atom is -0.493 e. The number of carbonyl (C=O) groups excluding carboxylic acids is 1. The van der Waals surface area contributed by atoms with E-state index in [0.717, 1.165) is 45.3 Å². The summed E-state index contributed by atoms with van der Waals surface area (Å²) in [6, 6.07) is 24.7. The number of ketones is 1. The van der Waals surface area contributed by atoms with E-state index in [0.29, 0.717) is 24.5 Å². The standard InChI is InChI=1S/C31H26FNO3/c1-35-28-17-21(12-16-27(28)36-18-19-9-13-22(32)14-10-19)29-30-23-6-3-2-5-20(23)11-15-25(30)33-24-7-4-8-26(34)31(24)29/h2-3,5-7,9-17,29,31,33H,4,8,18H2,1H3/t29-,31+/m1/s1. The normalized spacial score (nSPS) is 18.6. The predicted molar refractivity (Wildman–Crippen MR) is 139 cm³/mol. The average Bonchev–Trinajstić information content (AvgIpc) is 2.91. The third-order valence-corrected chi connectivity index (χ3v) is 7.19. The van der Waals surface area contributed by atoms with Gasteiger partial charge in [0.05, 0.1) is 13.0 Å². The highest BCUT2D eigenvalue weighted by Gasteiger charge is 2.41. The number of fused-ring (bicyclic) bond motifs is 4. The maximum absolute atomic E-state index is 13.3. The molecule has 2 atom stereocenters. The number of hydrogen-bond acceptors (Lipinski definition) is 4. The number of carbonyl (C=O) groups is 1. The molecule has 0 unspecified atom stereocenters. The molecule has 0 bridgehead atoms. The van der Waals surface area contributed by atoms with Gasteiger partial charge in [-0.15, -0.1) is 0 Å². The monoisotopic (exact) mass is 479 g/mol. The molecule has 1 aliphatic heterocycles. The topological polar surface area (TPSA) is 47.6 Å². The van der Waals surface area contributed by atoms with E-state index in [4.69, 9.17) is 9.47 Å². The molecule has 180 valence electrons. The molecule has 1 N–H and O–H groups in total. The molecule has 0 aromatic heterocycles. The van der Waals surface area contributed by atoms with Crippen molar-refractivity contribution in [1.82, 2.24) is 0 Å². The second kappa shape index (κ2) is 9.15. The summed E-state index contributed by atoms with van der Waals surface area (Å²) in [5.74, 6) is 0.756. The van der Waals surface area contributed by atoms with E-state index in [-0.39, 0.29) is 23.4 Å². The third-order valence-electron chi connectivity index (χ3n) is 7.19. The lowest BCUT2D eigenvalue weighted by Gasteiger charge is -2.38. The van der Waals surface area contributed by atoms with Crippen LogP contribution < -0.4 is 14.8 Å². The summed E-state index contributed by atoms with van der Waals surface area (Å²) < 4.78 is 25.0. The number of Topliss-reactive ketones (excluding diaryl/α,β-unsaturated/α-hetero) is 1. The van der Waals surface area contributed by atoms with E-state index >= 15 is 0 Å². The van der Waals surface area contributed by atoms with Gasteiger partial charge in [0.2, 0.25) is 0 Å². The van der Waals surface area contributed by atoms with Gasteiger partial charge in [0.15, 0.2) is 11.5 Å². The number of halogens is 1. The lowest BCUT2D eigenvalue weighted by atomic mass is 9.70. The van der Waals surface area contributed by atoms with Crippen molar-refractivity contribution in [3.63, 3.8) is 0 Å². The van der Waals surface area contributed by atoms with Crippen LogP contribution in [0.15, 0.2) is 90.6 Å². The zero-order chi connectivity index (χ0) is 24.6. The fourth-order valence-electron chi connectivity index (χ4n) is 5.48. The Morgan fingerprint density at radius 3 is 2.61 bits per heavy atom. The van der Waals surface area contributed by atoms with Gasteiger partial charge in [0.1, 0.15) is 18.2 Å². The van der Waals surface area contributed by atoms with Crippen LogP contribution >= 0.6 is 0 Å². The highest BCUT2D eigenvalue weighted by molar-refractivity contribution is 5.96. The largest absolute Gasteiger partial charge is 0.493 e. The summed E-state index contributed by atoms with van der Waals surface area (Å²) in [5, 5.41) is 5.84. The number of ether oxygens (including phenoxy) is 2. The Labute approximate surface area is 209 Å².